The Morgan fingerprint density at radius 1 is 1.82 bits per heavy atom. The zero-order valence-electron chi connectivity index (χ0n) is 5.77. The molecule has 0 saturated carbocycles. The molecule has 1 unspecified atom stereocenters. The van der Waals surface area contributed by atoms with Crippen LogP contribution >= 0.6 is 0 Å². The topological polar surface area (TPSA) is 68.0 Å². The smallest absolute Gasteiger partial charge is 0.328 e. The zero-order valence-corrected chi connectivity index (χ0v) is 5.77. The van der Waals surface area contributed by atoms with Crippen LogP contribution < -0.4 is 0 Å². The molecule has 0 radical (unpaired) electrons. The average Bonchev–Trinajstić information content (AvgIpc) is 2.41. The van der Waals surface area contributed by atoms with Crippen LogP contribution in [0.3, 0.4) is 0 Å². The molecule has 11 heavy (non-hydrogen) atoms. The maximum Gasteiger partial charge on any atom is 0.328 e. The normalized spacial score (nSPS) is 21.6. The number of aliphatic carboxylic acids is 1. The molecular weight excluding hydrogens is 146 g/mol. The Morgan fingerprint density at radius 3 is 3.36 bits per heavy atom. The first-order chi connectivity index (χ1) is 5.29. The molecule has 1 N–H and O–H groups in total. The molecule has 1 aliphatic heterocycles. The highest BCUT2D eigenvalue weighted by Crippen LogP contribution is 2.23. The summed E-state index contributed by atoms with van der Waals surface area (Å²) < 4.78 is 1.47. The Morgan fingerprint density at radius 2 is 2.64 bits per heavy atom. The maximum atomic E-state index is 10.6. The molecule has 1 aromatic heterocycles. The maximum absolute atomic E-state index is 10.6. The Balaban J connectivity index is 2.38. The summed E-state index contributed by atoms with van der Waals surface area (Å²) in [4.78, 5) is 10.6. The van der Waals surface area contributed by atoms with Gasteiger partial charge in [-0.15, -0.1) is 5.10 Å². The molecule has 0 spiro atoms. The van der Waals surface area contributed by atoms with E-state index in [4.69, 9.17) is 5.11 Å². The van der Waals surface area contributed by atoms with Crippen LogP contribution in [0.25, 0.3) is 0 Å². The van der Waals surface area contributed by atoms with E-state index in [2.05, 4.69) is 10.3 Å². The summed E-state index contributed by atoms with van der Waals surface area (Å²) in [7, 11) is 0. The fourth-order valence-electron chi connectivity index (χ4n) is 1.34. The van der Waals surface area contributed by atoms with Gasteiger partial charge >= 0.3 is 5.97 Å². The average molecular weight is 153 g/mol. The van der Waals surface area contributed by atoms with E-state index >= 15 is 0 Å². The van der Waals surface area contributed by atoms with Crippen molar-refractivity contribution in [3.63, 3.8) is 0 Å². The van der Waals surface area contributed by atoms with Gasteiger partial charge in [0.2, 0.25) is 0 Å². The molecule has 5 nitrogen and oxygen atoms in total. The number of carboxylic acids is 1. The van der Waals surface area contributed by atoms with Gasteiger partial charge in [0, 0.05) is 0 Å². The van der Waals surface area contributed by atoms with Crippen molar-refractivity contribution in [2.75, 3.05) is 0 Å². The summed E-state index contributed by atoms with van der Waals surface area (Å²) in [5.74, 6) is -0.825. The van der Waals surface area contributed by atoms with Crippen LogP contribution in [0, 0.1) is 0 Å². The second kappa shape index (κ2) is 2.05. The van der Waals surface area contributed by atoms with Crippen LogP contribution in [0.1, 0.15) is 18.2 Å². The highest BCUT2D eigenvalue weighted by Gasteiger charge is 2.28. The molecular formula is C6H7N3O2. The fourth-order valence-corrected chi connectivity index (χ4v) is 1.34. The van der Waals surface area contributed by atoms with E-state index in [-0.39, 0.29) is 0 Å². The molecule has 0 aromatic carbocycles. The number of hydrogen-bond donors (Lipinski definition) is 1. The summed E-state index contributed by atoms with van der Waals surface area (Å²) in [5.41, 5.74) is 0.914. The number of rotatable bonds is 1. The predicted molar refractivity (Wildman–Crippen MR) is 35.0 cm³/mol. The van der Waals surface area contributed by atoms with E-state index in [9.17, 15) is 4.79 Å². The van der Waals surface area contributed by atoms with Gasteiger partial charge in [-0.2, -0.15) is 0 Å². The SMILES string of the molecule is O=C(O)C1CCc2cnnn21. The molecule has 1 aliphatic rings. The molecule has 1 aromatic rings. The number of fused-ring (bicyclic) bond motifs is 1. The van der Waals surface area contributed by atoms with Crippen molar-refractivity contribution in [3.8, 4) is 0 Å². The number of nitrogens with zero attached hydrogens (tertiary/aromatic N) is 3. The summed E-state index contributed by atoms with van der Waals surface area (Å²) in [5, 5.41) is 16.0. The summed E-state index contributed by atoms with van der Waals surface area (Å²) >= 11 is 0. The first-order valence-corrected chi connectivity index (χ1v) is 3.41. The molecule has 0 saturated heterocycles. The van der Waals surface area contributed by atoms with Crippen LogP contribution in [-0.2, 0) is 11.2 Å². The molecule has 2 heterocycles. The number of aromatic nitrogens is 3. The molecule has 5 heteroatoms. The summed E-state index contributed by atoms with van der Waals surface area (Å²) in [6.45, 7) is 0. The van der Waals surface area contributed by atoms with Crippen LogP contribution in [0.15, 0.2) is 6.20 Å². The lowest BCUT2D eigenvalue weighted by atomic mass is 10.2. The van der Waals surface area contributed by atoms with Gasteiger partial charge < -0.3 is 5.11 Å². The number of hydrogen-bond acceptors (Lipinski definition) is 3. The van der Waals surface area contributed by atoms with Crippen LogP contribution in [0.4, 0.5) is 0 Å². The summed E-state index contributed by atoms with van der Waals surface area (Å²) in [6, 6.07) is -0.493. The molecule has 0 aliphatic carbocycles. The van der Waals surface area contributed by atoms with Gasteiger partial charge in [0.25, 0.3) is 0 Å². The van der Waals surface area contributed by atoms with E-state index in [0.717, 1.165) is 12.1 Å². The van der Waals surface area contributed by atoms with Gasteiger partial charge in [-0.25, -0.2) is 9.48 Å². The monoisotopic (exact) mass is 153 g/mol. The standard InChI is InChI=1S/C6H7N3O2/c10-6(11)5-2-1-4-3-7-8-9(4)5/h3,5H,1-2H2,(H,10,11). The second-order valence-corrected chi connectivity index (χ2v) is 2.56. The van der Waals surface area contributed by atoms with Crippen molar-refractivity contribution in [1.29, 1.82) is 0 Å². The highest BCUT2D eigenvalue weighted by molar-refractivity contribution is 5.72. The lowest BCUT2D eigenvalue weighted by Crippen LogP contribution is -2.16. The lowest BCUT2D eigenvalue weighted by molar-refractivity contribution is -0.141. The third kappa shape index (κ3) is 0.806. The van der Waals surface area contributed by atoms with Crippen molar-refractivity contribution in [2.24, 2.45) is 0 Å². The van der Waals surface area contributed by atoms with Crippen molar-refractivity contribution in [1.82, 2.24) is 15.0 Å². The van der Waals surface area contributed by atoms with Gasteiger partial charge in [0.1, 0.15) is 0 Å². The predicted octanol–water partition coefficient (Wildman–Crippen LogP) is -0.150. The molecule has 1 atom stereocenters. The second-order valence-electron chi connectivity index (χ2n) is 2.56. The largest absolute Gasteiger partial charge is 0.480 e. The Kier molecular flexibility index (Phi) is 1.18. The number of carbonyl (C=O) groups is 1. The van der Waals surface area contributed by atoms with Gasteiger partial charge in [0.05, 0.1) is 11.9 Å². The van der Waals surface area contributed by atoms with Gasteiger partial charge in [-0.3, -0.25) is 0 Å². The first kappa shape index (κ1) is 6.33. The molecule has 0 fully saturated rings. The van der Waals surface area contributed by atoms with Crippen molar-refractivity contribution in [2.45, 2.75) is 18.9 Å². The quantitative estimate of drug-likeness (QED) is 0.609. The third-order valence-electron chi connectivity index (χ3n) is 1.90. The van der Waals surface area contributed by atoms with Crippen LogP contribution in [0.5, 0.6) is 0 Å². The minimum absolute atomic E-state index is 0.493. The fraction of sp³-hybridized carbons (Fsp3) is 0.500. The minimum atomic E-state index is -0.825. The van der Waals surface area contributed by atoms with Crippen molar-refractivity contribution in [3.05, 3.63) is 11.9 Å². The minimum Gasteiger partial charge on any atom is -0.480 e. The van der Waals surface area contributed by atoms with Crippen LogP contribution in [0.2, 0.25) is 0 Å². The first-order valence-electron chi connectivity index (χ1n) is 3.41. The van der Waals surface area contributed by atoms with E-state index in [0.29, 0.717) is 6.42 Å². The van der Waals surface area contributed by atoms with Crippen molar-refractivity contribution >= 4 is 5.97 Å². The van der Waals surface area contributed by atoms with E-state index < -0.39 is 12.0 Å². The Hall–Kier alpha value is -1.39. The summed E-state index contributed by atoms with van der Waals surface area (Å²) in [6.07, 6.45) is 3.02. The van der Waals surface area contributed by atoms with E-state index in [1.165, 1.54) is 4.68 Å². The third-order valence-corrected chi connectivity index (χ3v) is 1.90. The molecule has 0 bridgehead atoms. The molecule has 58 valence electrons. The van der Waals surface area contributed by atoms with Crippen molar-refractivity contribution < 1.29 is 9.90 Å². The lowest BCUT2D eigenvalue weighted by Gasteiger charge is -2.02. The highest BCUT2D eigenvalue weighted by atomic mass is 16.4. The Bertz CT molecular complexity index is 294. The number of carboxylic acid groups (broad SMARTS) is 1. The number of aryl methyl sites for hydroxylation is 1. The van der Waals surface area contributed by atoms with E-state index in [1.54, 1.807) is 6.20 Å². The molecule has 0 amide bonds. The zero-order chi connectivity index (χ0) is 7.84. The van der Waals surface area contributed by atoms with Crippen LogP contribution in [-0.4, -0.2) is 26.1 Å². The van der Waals surface area contributed by atoms with E-state index in [1.807, 2.05) is 0 Å². The Labute approximate surface area is 62.6 Å². The van der Waals surface area contributed by atoms with Gasteiger partial charge in [0.15, 0.2) is 6.04 Å². The van der Waals surface area contributed by atoms with Gasteiger partial charge in [-0.1, -0.05) is 5.21 Å². The molecule has 2 rings (SSSR count). The van der Waals surface area contributed by atoms with Gasteiger partial charge in [-0.05, 0) is 12.8 Å².